The van der Waals surface area contributed by atoms with Crippen molar-refractivity contribution in [3.05, 3.63) is 70.8 Å². The summed E-state index contributed by atoms with van der Waals surface area (Å²) in [7, 11) is 0. The molecule has 0 spiro atoms. The first-order valence-corrected chi connectivity index (χ1v) is 6.29. The molecule has 0 bridgehead atoms. The van der Waals surface area contributed by atoms with Gasteiger partial charge in [0.2, 0.25) is 0 Å². The van der Waals surface area contributed by atoms with Gasteiger partial charge in [0.15, 0.2) is 0 Å². The third kappa shape index (κ3) is 3.44. The van der Waals surface area contributed by atoms with Crippen LogP contribution in [0.4, 0.5) is 0 Å². The van der Waals surface area contributed by atoms with Crippen molar-refractivity contribution in [3.8, 4) is 6.07 Å². The molecule has 0 fully saturated rings. The zero-order chi connectivity index (χ0) is 14.4. The Balaban J connectivity index is 1.95. The van der Waals surface area contributed by atoms with E-state index in [1.165, 1.54) is 0 Å². The van der Waals surface area contributed by atoms with Crippen molar-refractivity contribution in [1.82, 2.24) is 5.32 Å². The molecule has 0 saturated heterocycles. The number of hydrogen-bond acceptors (Lipinski definition) is 3. The molecule has 4 nitrogen and oxygen atoms in total. The smallest absolute Gasteiger partial charge is 0.251 e. The zero-order valence-corrected chi connectivity index (χ0v) is 11.0. The third-order valence-electron chi connectivity index (χ3n) is 2.99. The number of nitrogens with two attached hydrogens (primary N) is 1. The lowest BCUT2D eigenvalue weighted by molar-refractivity contribution is 0.0951. The Labute approximate surface area is 117 Å². The first-order chi connectivity index (χ1) is 9.72. The van der Waals surface area contributed by atoms with Crippen LogP contribution in [0.15, 0.2) is 48.5 Å². The number of amides is 1. The molecule has 1 amide bonds. The van der Waals surface area contributed by atoms with E-state index in [4.69, 9.17) is 11.0 Å². The molecule has 4 heteroatoms. The maximum Gasteiger partial charge on any atom is 0.251 e. The second-order valence-corrected chi connectivity index (χ2v) is 4.39. The average molecular weight is 265 g/mol. The van der Waals surface area contributed by atoms with E-state index in [1.54, 1.807) is 24.3 Å². The van der Waals surface area contributed by atoms with Crippen molar-refractivity contribution in [2.75, 3.05) is 0 Å². The van der Waals surface area contributed by atoms with E-state index >= 15 is 0 Å². The van der Waals surface area contributed by atoms with Crippen LogP contribution in [0.25, 0.3) is 0 Å². The van der Waals surface area contributed by atoms with Crippen LogP contribution in [0.3, 0.4) is 0 Å². The van der Waals surface area contributed by atoms with Gasteiger partial charge in [0.05, 0.1) is 11.6 Å². The van der Waals surface area contributed by atoms with E-state index in [1.807, 2.05) is 30.3 Å². The molecule has 0 unspecified atom stereocenters. The van der Waals surface area contributed by atoms with Crippen LogP contribution in [0.2, 0.25) is 0 Å². The summed E-state index contributed by atoms with van der Waals surface area (Å²) in [6.45, 7) is 0.974. The van der Waals surface area contributed by atoms with Crippen LogP contribution in [0, 0.1) is 11.3 Å². The fourth-order valence-corrected chi connectivity index (χ4v) is 1.77. The molecule has 0 aromatic heterocycles. The van der Waals surface area contributed by atoms with Gasteiger partial charge in [-0.05, 0) is 35.4 Å². The number of benzene rings is 2. The first-order valence-electron chi connectivity index (χ1n) is 6.29. The lowest BCUT2D eigenvalue weighted by atomic mass is 10.1. The fourth-order valence-electron chi connectivity index (χ4n) is 1.77. The number of nitrogens with zero attached hydrogens (tertiary/aromatic N) is 1. The summed E-state index contributed by atoms with van der Waals surface area (Å²) in [6, 6.07) is 16.4. The summed E-state index contributed by atoms with van der Waals surface area (Å²) in [6.07, 6.45) is 0. The Bertz CT molecular complexity index is 624. The summed E-state index contributed by atoms with van der Waals surface area (Å²) in [5, 5.41) is 11.5. The number of nitrogens with one attached hydrogen (secondary N) is 1. The largest absolute Gasteiger partial charge is 0.348 e. The Hall–Kier alpha value is -2.64. The topological polar surface area (TPSA) is 78.9 Å². The van der Waals surface area contributed by atoms with Crippen molar-refractivity contribution in [2.24, 2.45) is 5.73 Å². The third-order valence-corrected chi connectivity index (χ3v) is 2.99. The Kier molecular flexibility index (Phi) is 4.48. The van der Waals surface area contributed by atoms with Crippen molar-refractivity contribution in [1.29, 1.82) is 5.26 Å². The monoisotopic (exact) mass is 265 g/mol. The van der Waals surface area contributed by atoms with Gasteiger partial charge in [-0.3, -0.25) is 4.79 Å². The minimum absolute atomic E-state index is 0.155. The van der Waals surface area contributed by atoms with Gasteiger partial charge in [-0.15, -0.1) is 0 Å². The summed E-state index contributed by atoms with van der Waals surface area (Å²) in [5.74, 6) is -0.155. The van der Waals surface area contributed by atoms with Gasteiger partial charge in [-0.2, -0.15) is 5.26 Å². The molecule has 0 saturated carbocycles. The highest BCUT2D eigenvalue weighted by Crippen LogP contribution is 2.06. The van der Waals surface area contributed by atoms with Gasteiger partial charge >= 0.3 is 0 Å². The minimum atomic E-state index is -0.155. The van der Waals surface area contributed by atoms with Crippen LogP contribution >= 0.6 is 0 Å². The van der Waals surface area contributed by atoms with Gasteiger partial charge in [-0.25, -0.2) is 0 Å². The highest BCUT2D eigenvalue weighted by Gasteiger charge is 2.05. The Morgan fingerprint density at radius 2 is 1.65 bits per heavy atom. The predicted octanol–water partition coefficient (Wildman–Crippen LogP) is 1.95. The van der Waals surface area contributed by atoms with Crippen LogP contribution in [-0.2, 0) is 13.1 Å². The number of rotatable bonds is 4. The molecule has 2 aromatic rings. The van der Waals surface area contributed by atoms with Gasteiger partial charge in [-0.1, -0.05) is 24.3 Å². The molecule has 2 aromatic carbocycles. The molecular weight excluding hydrogens is 250 g/mol. The SMILES string of the molecule is N#Cc1ccc(C(=O)NCc2ccc(CN)cc2)cc1. The van der Waals surface area contributed by atoms with Crippen molar-refractivity contribution >= 4 is 5.91 Å². The van der Waals surface area contributed by atoms with E-state index in [0.29, 0.717) is 24.2 Å². The van der Waals surface area contributed by atoms with Crippen molar-refractivity contribution in [3.63, 3.8) is 0 Å². The minimum Gasteiger partial charge on any atom is -0.348 e. The van der Waals surface area contributed by atoms with Crippen LogP contribution < -0.4 is 11.1 Å². The molecule has 0 atom stereocenters. The van der Waals surface area contributed by atoms with E-state index in [9.17, 15) is 4.79 Å². The summed E-state index contributed by atoms with van der Waals surface area (Å²) < 4.78 is 0. The Morgan fingerprint density at radius 3 is 2.20 bits per heavy atom. The number of carbonyl (C=O) groups is 1. The van der Waals surface area contributed by atoms with Gasteiger partial charge in [0, 0.05) is 18.7 Å². The van der Waals surface area contributed by atoms with E-state index < -0.39 is 0 Å². The molecule has 0 aliphatic heterocycles. The summed E-state index contributed by atoms with van der Waals surface area (Å²) in [4.78, 5) is 11.9. The molecule has 0 aliphatic rings. The van der Waals surface area contributed by atoms with E-state index in [0.717, 1.165) is 11.1 Å². The summed E-state index contributed by atoms with van der Waals surface area (Å²) in [5.41, 5.74) is 8.69. The van der Waals surface area contributed by atoms with Gasteiger partial charge in [0.1, 0.15) is 0 Å². The molecule has 0 aliphatic carbocycles. The van der Waals surface area contributed by atoms with Crippen LogP contribution in [0.1, 0.15) is 27.0 Å². The molecule has 3 N–H and O–H groups in total. The zero-order valence-electron chi connectivity index (χ0n) is 11.0. The normalized spacial score (nSPS) is 9.80. The predicted molar refractivity (Wildman–Crippen MR) is 76.7 cm³/mol. The summed E-state index contributed by atoms with van der Waals surface area (Å²) >= 11 is 0. The van der Waals surface area contributed by atoms with E-state index in [2.05, 4.69) is 5.32 Å². The second-order valence-electron chi connectivity index (χ2n) is 4.39. The van der Waals surface area contributed by atoms with Crippen molar-refractivity contribution < 1.29 is 4.79 Å². The first kappa shape index (κ1) is 13.8. The van der Waals surface area contributed by atoms with Crippen LogP contribution in [-0.4, -0.2) is 5.91 Å². The maximum absolute atomic E-state index is 11.9. The molecule has 20 heavy (non-hydrogen) atoms. The molecule has 2 rings (SSSR count). The number of carbonyl (C=O) groups excluding carboxylic acids is 1. The average Bonchev–Trinajstić information content (AvgIpc) is 2.53. The quantitative estimate of drug-likeness (QED) is 0.886. The van der Waals surface area contributed by atoms with Gasteiger partial charge < -0.3 is 11.1 Å². The van der Waals surface area contributed by atoms with E-state index in [-0.39, 0.29) is 5.91 Å². The van der Waals surface area contributed by atoms with Gasteiger partial charge in [0.25, 0.3) is 5.91 Å². The molecule has 0 radical (unpaired) electrons. The fraction of sp³-hybridized carbons (Fsp3) is 0.125. The molecule has 0 heterocycles. The standard InChI is InChI=1S/C16H15N3O/c17-9-12-1-3-14(4-2-12)11-19-16(20)15-7-5-13(10-18)6-8-15/h1-8H,9,11,17H2,(H,19,20). The van der Waals surface area contributed by atoms with Crippen molar-refractivity contribution in [2.45, 2.75) is 13.1 Å². The highest BCUT2D eigenvalue weighted by atomic mass is 16.1. The maximum atomic E-state index is 11.9. The number of hydrogen-bond donors (Lipinski definition) is 2. The lowest BCUT2D eigenvalue weighted by Gasteiger charge is -2.06. The lowest BCUT2D eigenvalue weighted by Crippen LogP contribution is -2.22. The molecule has 100 valence electrons. The molecular formula is C16H15N3O. The van der Waals surface area contributed by atoms with Crippen LogP contribution in [0.5, 0.6) is 0 Å². The highest BCUT2D eigenvalue weighted by molar-refractivity contribution is 5.94. The number of nitriles is 1. The Morgan fingerprint density at radius 1 is 1.05 bits per heavy atom. The second kappa shape index (κ2) is 6.50.